The topological polar surface area (TPSA) is 76.6 Å². The lowest BCUT2D eigenvalue weighted by Gasteiger charge is -2.25. The van der Waals surface area contributed by atoms with E-state index in [0.717, 1.165) is 52.4 Å². The largest absolute Gasteiger partial charge is 0.480 e. The second-order valence-electron chi connectivity index (χ2n) is 3.92. The van der Waals surface area contributed by atoms with E-state index in [9.17, 15) is 4.79 Å². The Kier molecular flexibility index (Phi) is 7.07. The third-order valence-electron chi connectivity index (χ3n) is 2.53. The summed E-state index contributed by atoms with van der Waals surface area (Å²) in [5.74, 6) is -0.734. The third-order valence-corrected chi connectivity index (χ3v) is 2.53. The second-order valence-corrected chi connectivity index (χ2v) is 3.92. The van der Waals surface area contributed by atoms with E-state index in [4.69, 9.17) is 5.11 Å². The molecule has 2 heterocycles. The highest BCUT2D eigenvalue weighted by Crippen LogP contribution is 1.89. The number of aliphatic carboxylic acids is 1. The molecule has 0 saturated carbocycles. The number of rotatable bonds is 2. The lowest BCUT2D eigenvalue weighted by molar-refractivity contribution is -0.138. The van der Waals surface area contributed by atoms with Crippen molar-refractivity contribution in [2.75, 3.05) is 58.9 Å². The lowest BCUT2D eigenvalue weighted by atomic mass is 10.3. The highest BCUT2D eigenvalue weighted by atomic mass is 16.4. The predicted octanol–water partition coefficient (Wildman–Crippen LogP) is -1.84. The molecule has 2 fully saturated rings. The molecule has 2 rings (SSSR count). The van der Waals surface area contributed by atoms with Gasteiger partial charge in [0, 0.05) is 52.4 Å². The molecule has 2 aliphatic heterocycles. The Morgan fingerprint density at radius 1 is 0.938 bits per heavy atom. The van der Waals surface area contributed by atoms with Crippen LogP contribution in [0, 0.1) is 0 Å². The Morgan fingerprint density at radius 3 is 1.75 bits per heavy atom. The molecule has 94 valence electrons. The first-order chi connectivity index (χ1) is 7.79. The summed E-state index contributed by atoms with van der Waals surface area (Å²) in [7, 11) is 0. The average molecular weight is 230 g/mol. The van der Waals surface area contributed by atoms with Crippen LogP contribution in [0.3, 0.4) is 0 Å². The number of carboxylic acid groups (broad SMARTS) is 1. The second kappa shape index (κ2) is 8.46. The van der Waals surface area contributed by atoms with Crippen LogP contribution in [0.5, 0.6) is 0 Å². The van der Waals surface area contributed by atoms with Gasteiger partial charge in [-0.2, -0.15) is 0 Å². The van der Waals surface area contributed by atoms with Gasteiger partial charge in [-0.15, -0.1) is 0 Å². The molecular formula is C10H22N4O2. The number of carboxylic acids is 1. The fourth-order valence-electron chi connectivity index (χ4n) is 1.66. The summed E-state index contributed by atoms with van der Waals surface area (Å²) in [5, 5.41) is 18.0. The van der Waals surface area contributed by atoms with Gasteiger partial charge in [-0.3, -0.25) is 9.69 Å². The smallest absolute Gasteiger partial charge is 0.317 e. The van der Waals surface area contributed by atoms with Crippen molar-refractivity contribution in [1.82, 2.24) is 20.9 Å². The summed E-state index contributed by atoms with van der Waals surface area (Å²) >= 11 is 0. The van der Waals surface area contributed by atoms with Gasteiger partial charge in [0.2, 0.25) is 0 Å². The van der Waals surface area contributed by atoms with E-state index in [2.05, 4.69) is 16.0 Å². The van der Waals surface area contributed by atoms with E-state index in [-0.39, 0.29) is 6.54 Å². The Labute approximate surface area is 96.4 Å². The molecule has 4 N–H and O–H groups in total. The predicted molar refractivity (Wildman–Crippen MR) is 62.7 cm³/mol. The minimum absolute atomic E-state index is 0.182. The lowest BCUT2D eigenvalue weighted by Crippen LogP contribution is -2.45. The first-order valence-corrected chi connectivity index (χ1v) is 5.85. The van der Waals surface area contributed by atoms with Crippen molar-refractivity contribution in [2.24, 2.45) is 0 Å². The molecule has 0 aromatic carbocycles. The fourth-order valence-corrected chi connectivity index (χ4v) is 1.66. The van der Waals surface area contributed by atoms with Gasteiger partial charge in [-0.25, -0.2) is 0 Å². The molecule has 0 aromatic rings. The number of hydrogen-bond acceptors (Lipinski definition) is 5. The van der Waals surface area contributed by atoms with E-state index >= 15 is 0 Å². The van der Waals surface area contributed by atoms with E-state index in [1.807, 2.05) is 4.90 Å². The zero-order valence-electron chi connectivity index (χ0n) is 9.67. The van der Waals surface area contributed by atoms with Crippen molar-refractivity contribution in [3.05, 3.63) is 0 Å². The van der Waals surface area contributed by atoms with Crippen LogP contribution in [0.15, 0.2) is 0 Å². The Morgan fingerprint density at radius 2 is 1.38 bits per heavy atom. The van der Waals surface area contributed by atoms with E-state index in [1.165, 1.54) is 0 Å². The van der Waals surface area contributed by atoms with Crippen LogP contribution < -0.4 is 16.0 Å². The first kappa shape index (κ1) is 13.4. The number of nitrogens with one attached hydrogen (secondary N) is 3. The SMILES string of the molecule is C1CNCCN1.O=C(O)CN1CCNCC1. The van der Waals surface area contributed by atoms with E-state index in [1.54, 1.807) is 0 Å². The molecule has 0 amide bonds. The van der Waals surface area contributed by atoms with Gasteiger partial charge in [-0.1, -0.05) is 0 Å². The molecule has 0 bridgehead atoms. The Hall–Kier alpha value is -0.690. The standard InChI is InChI=1S/C6H12N2O2.C4H10N2/c9-6(10)5-8-3-1-7-2-4-8;1-2-6-4-3-5-1/h7H,1-5H2,(H,9,10);5-6H,1-4H2. The van der Waals surface area contributed by atoms with Gasteiger partial charge in [0.1, 0.15) is 0 Å². The fraction of sp³-hybridized carbons (Fsp3) is 0.900. The van der Waals surface area contributed by atoms with Crippen LogP contribution in [0.2, 0.25) is 0 Å². The van der Waals surface area contributed by atoms with Gasteiger partial charge in [-0.05, 0) is 0 Å². The molecule has 0 aliphatic carbocycles. The monoisotopic (exact) mass is 230 g/mol. The normalized spacial score (nSPS) is 22.0. The number of nitrogens with zero attached hydrogens (tertiary/aromatic N) is 1. The number of hydrogen-bond donors (Lipinski definition) is 4. The van der Waals surface area contributed by atoms with Crippen LogP contribution in [0.25, 0.3) is 0 Å². The van der Waals surface area contributed by atoms with Crippen LogP contribution >= 0.6 is 0 Å². The van der Waals surface area contributed by atoms with Gasteiger partial charge in [0.25, 0.3) is 0 Å². The van der Waals surface area contributed by atoms with Crippen molar-refractivity contribution in [1.29, 1.82) is 0 Å². The van der Waals surface area contributed by atoms with Crippen LogP contribution in [0.1, 0.15) is 0 Å². The van der Waals surface area contributed by atoms with Crippen LogP contribution in [-0.2, 0) is 4.79 Å². The van der Waals surface area contributed by atoms with Gasteiger partial charge < -0.3 is 21.1 Å². The molecule has 0 spiro atoms. The van der Waals surface area contributed by atoms with Crippen molar-refractivity contribution in [3.63, 3.8) is 0 Å². The Bertz CT molecular complexity index is 180. The van der Waals surface area contributed by atoms with Crippen LogP contribution in [0.4, 0.5) is 0 Å². The maximum absolute atomic E-state index is 10.2. The molecule has 2 aliphatic rings. The van der Waals surface area contributed by atoms with Crippen molar-refractivity contribution in [2.45, 2.75) is 0 Å². The number of carbonyl (C=O) groups is 1. The molecular weight excluding hydrogens is 208 g/mol. The minimum atomic E-state index is -0.734. The maximum atomic E-state index is 10.2. The summed E-state index contributed by atoms with van der Waals surface area (Å²) in [6.45, 7) is 8.26. The highest BCUT2D eigenvalue weighted by Gasteiger charge is 2.11. The summed E-state index contributed by atoms with van der Waals surface area (Å²) in [5.41, 5.74) is 0. The van der Waals surface area contributed by atoms with Crippen molar-refractivity contribution < 1.29 is 9.90 Å². The molecule has 0 unspecified atom stereocenters. The third kappa shape index (κ3) is 6.73. The minimum Gasteiger partial charge on any atom is -0.480 e. The highest BCUT2D eigenvalue weighted by molar-refractivity contribution is 5.69. The summed E-state index contributed by atoms with van der Waals surface area (Å²) in [4.78, 5) is 12.1. The van der Waals surface area contributed by atoms with E-state index < -0.39 is 5.97 Å². The van der Waals surface area contributed by atoms with Crippen molar-refractivity contribution in [3.8, 4) is 0 Å². The van der Waals surface area contributed by atoms with Crippen molar-refractivity contribution >= 4 is 5.97 Å². The average Bonchev–Trinajstić information content (AvgIpc) is 2.32. The molecule has 0 aromatic heterocycles. The Balaban J connectivity index is 0.000000181. The zero-order valence-corrected chi connectivity index (χ0v) is 9.67. The molecule has 0 radical (unpaired) electrons. The maximum Gasteiger partial charge on any atom is 0.317 e. The summed E-state index contributed by atoms with van der Waals surface area (Å²) in [6, 6.07) is 0. The molecule has 6 heteroatoms. The number of piperazine rings is 2. The molecule has 0 atom stereocenters. The summed E-state index contributed by atoms with van der Waals surface area (Å²) < 4.78 is 0. The molecule has 16 heavy (non-hydrogen) atoms. The van der Waals surface area contributed by atoms with Gasteiger partial charge in [0.05, 0.1) is 6.54 Å². The quantitative estimate of drug-likeness (QED) is 0.446. The van der Waals surface area contributed by atoms with Gasteiger partial charge in [0.15, 0.2) is 0 Å². The first-order valence-electron chi connectivity index (χ1n) is 5.85. The van der Waals surface area contributed by atoms with Crippen LogP contribution in [-0.4, -0.2) is 74.9 Å². The van der Waals surface area contributed by atoms with E-state index in [0.29, 0.717) is 0 Å². The molecule has 6 nitrogen and oxygen atoms in total. The zero-order chi connectivity index (χ0) is 11.6. The van der Waals surface area contributed by atoms with Gasteiger partial charge >= 0.3 is 5.97 Å². The molecule has 2 saturated heterocycles. The summed E-state index contributed by atoms with van der Waals surface area (Å²) in [6.07, 6.45) is 0.